The van der Waals surface area contributed by atoms with Crippen LogP contribution in [0, 0.1) is 0 Å². The molecule has 0 aliphatic carbocycles. The molecule has 1 aromatic carbocycles. The maximum Gasteiger partial charge on any atom is 0.233 e. The second-order valence-electron chi connectivity index (χ2n) is 8.72. The Morgan fingerprint density at radius 1 is 1.14 bits per heavy atom. The molecule has 2 atom stereocenters. The minimum Gasteiger partial charge on any atom is -0.372 e. The second-order valence-corrected chi connectivity index (χ2v) is 9.67. The summed E-state index contributed by atoms with van der Waals surface area (Å²) < 4.78 is 7.80. The van der Waals surface area contributed by atoms with Crippen molar-refractivity contribution < 1.29 is 9.53 Å². The van der Waals surface area contributed by atoms with Gasteiger partial charge in [-0.1, -0.05) is 56.8 Å². The van der Waals surface area contributed by atoms with E-state index in [1.165, 1.54) is 17.3 Å². The molecule has 0 saturated carbocycles. The minimum absolute atomic E-state index is 0.0784. The smallest absolute Gasteiger partial charge is 0.233 e. The molecule has 0 radical (unpaired) electrons. The van der Waals surface area contributed by atoms with Crippen LogP contribution in [-0.2, 0) is 21.5 Å². The molecule has 1 aromatic heterocycles. The first kappa shape index (κ1) is 21.8. The highest BCUT2D eigenvalue weighted by Crippen LogP contribution is 2.28. The molecule has 1 fully saturated rings. The fourth-order valence-corrected chi connectivity index (χ4v) is 4.52. The molecule has 0 N–H and O–H groups in total. The lowest BCUT2D eigenvalue weighted by Gasteiger charge is -2.35. The first-order chi connectivity index (χ1) is 13.7. The van der Waals surface area contributed by atoms with Gasteiger partial charge in [-0.3, -0.25) is 4.79 Å². The molecule has 0 bridgehead atoms. The van der Waals surface area contributed by atoms with E-state index in [4.69, 9.17) is 4.74 Å². The lowest BCUT2D eigenvalue weighted by atomic mass is 9.87. The number of hydrogen-bond donors (Lipinski definition) is 0. The Kier molecular flexibility index (Phi) is 6.69. The SMILES string of the molecule is CCn1c(SCC(=O)N2CC(C)OC(C)C2)nnc1-c1ccc(C(C)(C)C)cc1. The summed E-state index contributed by atoms with van der Waals surface area (Å²) in [6, 6.07) is 8.52. The molecule has 1 saturated heterocycles. The van der Waals surface area contributed by atoms with Gasteiger partial charge in [0.15, 0.2) is 11.0 Å². The van der Waals surface area contributed by atoms with Gasteiger partial charge in [0.1, 0.15) is 0 Å². The fraction of sp³-hybridized carbons (Fsp3) is 0.591. The van der Waals surface area contributed by atoms with E-state index in [1.807, 2.05) is 18.7 Å². The molecular weight excluding hydrogens is 384 g/mol. The van der Waals surface area contributed by atoms with Crippen molar-refractivity contribution in [2.45, 2.75) is 70.9 Å². The third-order valence-corrected chi connectivity index (χ3v) is 6.09. The van der Waals surface area contributed by atoms with E-state index in [2.05, 4.69) is 66.7 Å². The monoisotopic (exact) mass is 416 g/mol. The van der Waals surface area contributed by atoms with Crippen LogP contribution in [0.1, 0.15) is 47.1 Å². The van der Waals surface area contributed by atoms with Crippen LogP contribution in [0.4, 0.5) is 0 Å². The number of amides is 1. The molecule has 1 amide bonds. The molecule has 2 aromatic rings. The van der Waals surface area contributed by atoms with Crippen LogP contribution < -0.4 is 0 Å². The quantitative estimate of drug-likeness (QED) is 0.690. The molecule has 3 rings (SSSR count). The molecule has 158 valence electrons. The van der Waals surface area contributed by atoms with Crippen molar-refractivity contribution in [3.8, 4) is 11.4 Å². The Bertz CT molecular complexity index is 831. The molecule has 0 spiro atoms. The summed E-state index contributed by atoms with van der Waals surface area (Å²) >= 11 is 1.46. The number of carbonyl (C=O) groups is 1. The Morgan fingerprint density at radius 3 is 2.31 bits per heavy atom. The van der Waals surface area contributed by atoms with Gasteiger partial charge in [-0.15, -0.1) is 10.2 Å². The highest BCUT2D eigenvalue weighted by molar-refractivity contribution is 7.99. The van der Waals surface area contributed by atoms with Crippen molar-refractivity contribution in [2.24, 2.45) is 0 Å². The largest absolute Gasteiger partial charge is 0.372 e. The van der Waals surface area contributed by atoms with Crippen LogP contribution in [0.2, 0.25) is 0 Å². The third-order valence-electron chi connectivity index (χ3n) is 5.14. The number of morpholine rings is 1. The van der Waals surface area contributed by atoms with Crippen molar-refractivity contribution in [2.75, 3.05) is 18.8 Å². The molecule has 2 unspecified atom stereocenters. The van der Waals surface area contributed by atoms with Crippen LogP contribution in [0.25, 0.3) is 11.4 Å². The zero-order valence-electron chi connectivity index (χ0n) is 18.3. The standard InChI is InChI=1S/C22H32N4O2S/c1-7-26-20(17-8-10-18(11-9-17)22(4,5)6)23-24-21(26)29-14-19(27)25-12-15(2)28-16(3)13-25/h8-11,15-16H,7,12-14H2,1-6H3. The summed E-state index contributed by atoms with van der Waals surface area (Å²) in [7, 11) is 0. The van der Waals surface area contributed by atoms with Crippen molar-refractivity contribution >= 4 is 17.7 Å². The molecule has 2 heterocycles. The third kappa shape index (κ3) is 5.20. The van der Waals surface area contributed by atoms with Crippen LogP contribution in [0.3, 0.4) is 0 Å². The van der Waals surface area contributed by atoms with E-state index in [1.54, 1.807) is 0 Å². The van der Waals surface area contributed by atoms with Gasteiger partial charge in [-0.2, -0.15) is 0 Å². The van der Waals surface area contributed by atoms with Gasteiger partial charge in [0, 0.05) is 25.2 Å². The first-order valence-electron chi connectivity index (χ1n) is 10.3. The molecule has 29 heavy (non-hydrogen) atoms. The molecule has 7 heteroatoms. The van der Waals surface area contributed by atoms with Gasteiger partial charge in [-0.25, -0.2) is 0 Å². The van der Waals surface area contributed by atoms with Crippen LogP contribution in [0.5, 0.6) is 0 Å². The first-order valence-corrected chi connectivity index (χ1v) is 11.3. The summed E-state index contributed by atoms with van der Waals surface area (Å²) in [6.07, 6.45) is 0.157. The predicted octanol–water partition coefficient (Wildman–Crippen LogP) is 3.99. The van der Waals surface area contributed by atoms with E-state index in [0.29, 0.717) is 18.8 Å². The summed E-state index contributed by atoms with van der Waals surface area (Å²) in [4.78, 5) is 14.6. The van der Waals surface area contributed by atoms with Gasteiger partial charge in [0.25, 0.3) is 0 Å². The van der Waals surface area contributed by atoms with Gasteiger partial charge in [-0.05, 0) is 31.7 Å². The highest BCUT2D eigenvalue weighted by Gasteiger charge is 2.26. The highest BCUT2D eigenvalue weighted by atomic mass is 32.2. The van der Waals surface area contributed by atoms with Crippen molar-refractivity contribution in [1.29, 1.82) is 0 Å². The number of hydrogen-bond acceptors (Lipinski definition) is 5. The van der Waals surface area contributed by atoms with Gasteiger partial charge >= 0.3 is 0 Å². The number of thioether (sulfide) groups is 1. The van der Waals surface area contributed by atoms with Crippen molar-refractivity contribution in [3.63, 3.8) is 0 Å². The zero-order chi connectivity index (χ0) is 21.2. The molecule has 1 aliphatic heterocycles. The van der Waals surface area contributed by atoms with Crippen molar-refractivity contribution in [1.82, 2.24) is 19.7 Å². The normalized spacial score (nSPS) is 20.1. The van der Waals surface area contributed by atoms with Crippen molar-refractivity contribution in [3.05, 3.63) is 29.8 Å². The van der Waals surface area contributed by atoms with Gasteiger partial charge in [0.05, 0.1) is 18.0 Å². The summed E-state index contributed by atoms with van der Waals surface area (Å²) in [5, 5.41) is 9.56. The lowest BCUT2D eigenvalue weighted by molar-refractivity contribution is -0.140. The zero-order valence-corrected chi connectivity index (χ0v) is 19.1. The lowest BCUT2D eigenvalue weighted by Crippen LogP contribution is -2.48. The predicted molar refractivity (Wildman–Crippen MR) is 117 cm³/mol. The maximum absolute atomic E-state index is 12.7. The number of aromatic nitrogens is 3. The second kappa shape index (κ2) is 8.88. The Balaban J connectivity index is 1.70. The van der Waals surface area contributed by atoms with Gasteiger partial charge in [0.2, 0.25) is 5.91 Å². The number of ether oxygens (including phenoxy) is 1. The number of benzene rings is 1. The Labute approximate surface area is 178 Å². The van der Waals surface area contributed by atoms with Crippen LogP contribution >= 0.6 is 11.8 Å². The van der Waals surface area contributed by atoms with Crippen LogP contribution in [0.15, 0.2) is 29.4 Å². The minimum atomic E-state index is 0.0784. The summed E-state index contributed by atoms with van der Waals surface area (Å²) in [5.74, 6) is 1.33. The maximum atomic E-state index is 12.7. The van der Waals surface area contributed by atoms with E-state index in [-0.39, 0.29) is 23.5 Å². The summed E-state index contributed by atoms with van der Waals surface area (Å²) in [5.41, 5.74) is 2.45. The average molecular weight is 417 g/mol. The molecule has 1 aliphatic rings. The van der Waals surface area contributed by atoms with E-state index >= 15 is 0 Å². The summed E-state index contributed by atoms with van der Waals surface area (Å²) in [6.45, 7) is 14.8. The fourth-order valence-electron chi connectivity index (χ4n) is 3.61. The number of nitrogens with zero attached hydrogens (tertiary/aromatic N) is 4. The van der Waals surface area contributed by atoms with E-state index < -0.39 is 0 Å². The Hall–Kier alpha value is -1.86. The van der Waals surface area contributed by atoms with E-state index in [9.17, 15) is 4.79 Å². The number of rotatable bonds is 5. The van der Waals surface area contributed by atoms with Gasteiger partial charge < -0.3 is 14.2 Å². The Morgan fingerprint density at radius 2 is 1.76 bits per heavy atom. The van der Waals surface area contributed by atoms with E-state index in [0.717, 1.165) is 23.1 Å². The molecular formula is C22H32N4O2S. The topological polar surface area (TPSA) is 60.2 Å². The van der Waals surface area contributed by atoms with Crippen LogP contribution in [-0.4, -0.2) is 56.6 Å². The number of carbonyl (C=O) groups excluding carboxylic acids is 1. The molecule has 6 nitrogen and oxygen atoms in total. The average Bonchev–Trinajstić information content (AvgIpc) is 3.07.